The van der Waals surface area contributed by atoms with E-state index in [0.717, 1.165) is 7.11 Å². The summed E-state index contributed by atoms with van der Waals surface area (Å²) in [5.74, 6) is -4.76. The highest BCUT2D eigenvalue weighted by molar-refractivity contribution is 5.77. The molecule has 0 radical (unpaired) electrons. The van der Waals surface area contributed by atoms with Crippen molar-refractivity contribution in [2.75, 3.05) is 14.2 Å². The van der Waals surface area contributed by atoms with Gasteiger partial charge in [0.15, 0.2) is 0 Å². The Morgan fingerprint density at radius 1 is 1.31 bits per heavy atom. The first kappa shape index (κ1) is 12.4. The number of alkyl halides is 2. The quantitative estimate of drug-likeness (QED) is 0.742. The predicted octanol–water partition coefficient (Wildman–Crippen LogP) is 2.05. The number of esters is 1. The van der Waals surface area contributed by atoms with Crippen LogP contribution in [0.3, 0.4) is 0 Å². The van der Waals surface area contributed by atoms with Crippen molar-refractivity contribution < 1.29 is 23.0 Å². The van der Waals surface area contributed by atoms with Gasteiger partial charge in [-0.05, 0) is 6.07 Å². The van der Waals surface area contributed by atoms with Crippen LogP contribution in [0.4, 0.5) is 8.78 Å². The summed E-state index contributed by atoms with van der Waals surface area (Å²) in [7, 11) is 2.31. The maximum Gasteiger partial charge on any atom is 0.377 e. The molecular weight excluding hydrogens is 218 g/mol. The number of para-hydroxylation sites is 1. The average molecular weight is 230 g/mol. The zero-order chi connectivity index (χ0) is 12.2. The van der Waals surface area contributed by atoms with E-state index in [1.54, 1.807) is 18.2 Å². The van der Waals surface area contributed by atoms with Gasteiger partial charge in [-0.2, -0.15) is 8.78 Å². The molecule has 16 heavy (non-hydrogen) atoms. The third-order valence-corrected chi connectivity index (χ3v) is 2.09. The minimum absolute atomic E-state index is 0.264. The highest BCUT2D eigenvalue weighted by Crippen LogP contribution is 2.27. The molecule has 1 rings (SSSR count). The summed E-state index contributed by atoms with van der Waals surface area (Å²) in [6, 6.07) is 6.31. The largest absolute Gasteiger partial charge is 0.496 e. The standard InChI is InChI=1S/C11H12F2O3/c1-15-9-6-4-3-5-8(9)7-11(12,13)10(14)16-2/h3-6H,7H2,1-2H3. The number of carbonyl (C=O) groups is 1. The molecule has 5 heteroatoms. The fourth-order valence-electron chi connectivity index (χ4n) is 1.31. The minimum Gasteiger partial charge on any atom is -0.496 e. The van der Waals surface area contributed by atoms with E-state index < -0.39 is 18.3 Å². The summed E-state index contributed by atoms with van der Waals surface area (Å²) in [5.41, 5.74) is 0.264. The molecule has 0 saturated heterocycles. The predicted molar refractivity (Wildman–Crippen MR) is 53.7 cm³/mol. The molecule has 88 valence electrons. The van der Waals surface area contributed by atoms with Crippen LogP contribution in [0.15, 0.2) is 24.3 Å². The summed E-state index contributed by atoms with van der Waals surface area (Å²) < 4.78 is 35.5. The monoisotopic (exact) mass is 230 g/mol. The molecule has 0 aliphatic rings. The number of carbonyl (C=O) groups excluding carboxylic acids is 1. The van der Waals surface area contributed by atoms with Crippen molar-refractivity contribution in [1.82, 2.24) is 0 Å². The highest BCUT2D eigenvalue weighted by Gasteiger charge is 2.40. The van der Waals surface area contributed by atoms with Crippen LogP contribution in [-0.2, 0) is 16.0 Å². The number of ether oxygens (including phenoxy) is 2. The number of halogens is 2. The fourth-order valence-corrected chi connectivity index (χ4v) is 1.31. The van der Waals surface area contributed by atoms with Crippen LogP contribution in [0.5, 0.6) is 5.75 Å². The average Bonchev–Trinajstić information content (AvgIpc) is 2.28. The van der Waals surface area contributed by atoms with Crippen LogP contribution in [0, 0.1) is 0 Å². The van der Waals surface area contributed by atoms with Gasteiger partial charge in [-0.3, -0.25) is 0 Å². The van der Waals surface area contributed by atoms with Crippen molar-refractivity contribution in [2.45, 2.75) is 12.3 Å². The highest BCUT2D eigenvalue weighted by atomic mass is 19.3. The molecule has 1 aromatic rings. The second kappa shape index (κ2) is 4.92. The fraction of sp³-hybridized carbons (Fsp3) is 0.364. The van der Waals surface area contributed by atoms with Crippen molar-refractivity contribution in [3.63, 3.8) is 0 Å². The van der Waals surface area contributed by atoms with Crippen LogP contribution in [0.1, 0.15) is 5.56 Å². The van der Waals surface area contributed by atoms with Gasteiger partial charge in [-0.15, -0.1) is 0 Å². The second-order valence-electron chi connectivity index (χ2n) is 3.18. The normalized spacial score (nSPS) is 11.0. The zero-order valence-corrected chi connectivity index (χ0v) is 9.00. The van der Waals surface area contributed by atoms with E-state index in [1.165, 1.54) is 13.2 Å². The summed E-state index contributed by atoms with van der Waals surface area (Å²) >= 11 is 0. The molecule has 0 aliphatic carbocycles. The van der Waals surface area contributed by atoms with Crippen molar-refractivity contribution >= 4 is 5.97 Å². The summed E-state index contributed by atoms with van der Waals surface area (Å²) in [6.07, 6.45) is -0.732. The van der Waals surface area contributed by atoms with Gasteiger partial charge in [0, 0.05) is 5.56 Å². The van der Waals surface area contributed by atoms with E-state index in [1.807, 2.05) is 0 Å². The van der Waals surface area contributed by atoms with Crippen LogP contribution < -0.4 is 4.74 Å². The molecule has 0 saturated carbocycles. The summed E-state index contributed by atoms with van der Waals surface area (Å²) in [5, 5.41) is 0. The molecule has 3 nitrogen and oxygen atoms in total. The van der Waals surface area contributed by atoms with Crippen molar-refractivity contribution in [3.8, 4) is 5.75 Å². The third-order valence-electron chi connectivity index (χ3n) is 2.09. The lowest BCUT2D eigenvalue weighted by Gasteiger charge is -2.15. The Kier molecular flexibility index (Phi) is 3.82. The number of hydrogen-bond donors (Lipinski definition) is 0. The van der Waals surface area contributed by atoms with Gasteiger partial charge >= 0.3 is 11.9 Å². The van der Waals surface area contributed by atoms with Gasteiger partial charge in [-0.1, -0.05) is 18.2 Å². The Morgan fingerprint density at radius 3 is 2.50 bits per heavy atom. The maximum absolute atomic E-state index is 13.3. The Hall–Kier alpha value is -1.65. The van der Waals surface area contributed by atoms with Crippen molar-refractivity contribution in [3.05, 3.63) is 29.8 Å². The number of rotatable bonds is 4. The van der Waals surface area contributed by atoms with Crippen LogP contribution >= 0.6 is 0 Å². The molecule has 0 fully saturated rings. The first-order valence-corrected chi connectivity index (χ1v) is 4.59. The molecule has 0 aliphatic heterocycles. The molecule has 0 aromatic heterocycles. The van der Waals surface area contributed by atoms with Crippen LogP contribution in [0.2, 0.25) is 0 Å². The van der Waals surface area contributed by atoms with Gasteiger partial charge in [0.1, 0.15) is 5.75 Å². The van der Waals surface area contributed by atoms with Crippen molar-refractivity contribution in [1.29, 1.82) is 0 Å². The van der Waals surface area contributed by atoms with E-state index in [0.29, 0.717) is 5.75 Å². The first-order chi connectivity index (χ1) is 7.51. The summed E-state index contributed by atoms with van der Waals surface area (Å²) in [6.45, 7) is 0. The Labute approximate surface area is 92.0 Å². The van der Waals surface area contributed by atoms with Crippen molar-refractivity contribution in [2.24, 2.45) is 0 Å². The third kappa shape index (κ3) is 2.68. The molecule has 0 heterocycles. The lowest BCUT2D eigenvalue weighted by molar-refractivity contribution is -0.168. The number of benzene rings is 1. The SMILES string of the molecule is COC(=O)C(F)(F)Cc1ccccc1OC. The van der Waals surface area contributed by atoms with Gasteiger partial charge in [-0.25, -0.2) is 4.79 Å². The van der Waals surface area contributed by atoms with E-state index in [2.05, 4.69) is 4.74 Å². The van der Waals surface area contributed by atoms with Crippen LogP contribution in [-0.4, -0.2) is 26.1 Å². The number of methoxy groups -OCH3 is 2. The molecule has 0 bridgehead atoms. The van der Waals surface area contributed by atoms with E-state index in [4.69, 9.17) is 4.74 Å². The molecule has 0 unspecified atom stereocenters. The lowest BCUT2D eigenvalue weighted by Crippen LogP contribution is -2.32. The number of hydrogen-bond acceptors (Lipinski definition) is 3. The zero-order valence-electron chi connectivity index (χ0n) is 9.00. The van der Waals surface area contributed by atoms with Gasteiger partial charge in [0.2, 0.25) is 0 Å². The topological polar surface area (TPSA) is 35.5 Å². The second-order valence-corrected chi connectivity index (χ2v) is 3.18. The Morgan fingerprint density at radius 2 is 1.94 bits per heavy atom. The van der Waals surface area contributed by atoms with Gasteiger partial charge in [0.05, 0.1) is 20.6 Å². The molecule has 0 N–H and O–H groups in total. The molecule has 1 aromatic carbocycles. The lowest BCUT2D eigenvalue weighted by atomic mass is 10.1. The molecular formula is C11H12F2O3. The molecule has 0 atom stereocenters. The maximum atomic E-state index is 13.3. The van der Waals surface area contributed by atoms with E-state index >= 15 is 0 Å². The van der Waals surface area contributed by atoms with E-state index in [-0.39, 0.29) is 5.56 Å². The minimum atomic E-state index is -3.54. The Bertz CT molecular complexity index is 377. The summed E-state index contributed by atoms with van der Waals surface area (Å²) in [4.78, 5) is 10.8. The Balaban J connectivity index is 2.91. The van der Waals surface area contributed by atoms with Crippen LogP contribution in [0.25, 0.3) is 0 Å². The first-order valence-electron chi connectivity index (χ1n) is 4.59. The van der Waals surface area contributed by atoms with Gasteiger partial charge < -0.3 is 9.47 Å². The molecule has 0 amide bonds. The molecule has 0 spiro atoms. The smallest absolute Gasteiger partial charge is 0.377 e. The van der Waals surface area contributed by atoms with Gasteiger partial charge in [0.25, 0.3) is 0 Å². The van der Waals surface area contributed by atoms with E-state index in [9.17, 15) is 13.6 Å².